The molecule has 128 valence electrons. The van der Waals surface area contributed by atoms with E-state index in [-0.39, 0.29) is 0 Å². The number of hydrogen-bond donors (Lipinski definition) is 0. The Morgan fingerprint density at radius 3 is 2.76 bits per heavy atom. The fourth-order valence-electron chi connectivity index (χ4n) is 2.85. The summed E-state index contributed by atoms with van der Waals surface area (Å²) in [7, 11) is 0. The minimum Gasteiger partial charge on any atom is -0.402 e. The normalized spacial score (nSPS) is 19.2. The molecule has 4 rings (SSSR count). The Labute approximate surface area is 150 Å². The molecule has 2 aliphatic heterocycles. The van der Waals surface area contributed by atoms with Gasteiger partial charge in [0, 0.05) is 23.5 Å². The molecule has 0 spiro atoms. The van der Waals surface area contributed by atoms with Crippen molar-refractivity contribution in [3.05, 3.63) is 58.1 Å². The Morgan fingerprint density at radius 1 is 1.16 bits per heavy atom. The van der Waals surface area contributed by atoms with Crippen molar-refractivity contribution in [2.24, 2.45) is 4.99 Å². The second-order valence-corrected chi connectivity index (χ2v) is 7.02. The van der Waals surface area contributed by atoms with E-state index in [2.05, 4.69) is 16.0 Å². The number of morpholine rings is 1. The Balaban J connectivity index is 1.58. The fourth-order valence-corrected chi connectivity index (χ4v) is 3.84. The first-order chi connectivity index (χ1) is 12.2. The van der Waals surface area contributed by atoms with Gasteiger partial charge in [0.2, 0.25) is 5.90 Å². The molecule has 0 atom stereocenters. The van der Waals surface area contributed by atoms with Crippen LogP contribution in [0.25, 0.3) is 6.08 Å². The lowest BCUT2D eigenvalue weighted by molar-refractivity contribution is -0.129. The van der Waals surface area contributed by atoms with Crippen molar-refractivity contribution in [3.63, 3.8) is 0 Å². The zero-order chi connectivity index (χ0) is 17.2. The van der Waals surface area contributed by atoms with Crippen LogP contribution in [0.4, 0.5) is 5.00 Å². The highest BCUT2D eigenvalue weighted by Gasteiger charge is 2.25. The molecule has 5 nitrogen and oxygen atoms in total. The second kappa shape index (κ2) is 6.82. The van der Waals surface area contributed by atoms with Gasteiger partial charge in [0.1, 0.15) is 0 Å². The predicted molar refractivity (Wildman–Crippen MR) is 99.1 cm³/mol. The van der Waals surface area contributed by atoms with Gasteiger partial charge in [0.15, 0.2) is 5.70 Å². The third-order valence-corrected chi connectivity index (χ3v) is 5.30. The largest absolute Gasteiger partial charge is 0.402 e. The van der Waals surface area contributed by atoms with Crippen LogP contribution in [-0.2, 0) is 14.3 Å². The molecule has 0 bridgehead atoms. The van der Waals surface area contributed by atoms with Gasteiger partial charge in [0.05, 0.1) is 18.2 Å². The quantitative estimate of drug-likeness (QED) is 0.627. The molecule has 0 saturated carbocycles. The van der Waals surface area contributed by atoms with Gasteiger partial charge in [-0.1, -0.05) is 18.2 Å². The number of nitrogens with zero attached hydrogens (tertiary/aromatic N) is 2. The highest BCUT2D eigenvalue weighted by Crippen LogP contribution is 2.29. The molecule has 1 aromatic heterocycles. The van der Waals surface area contributed by atoms with E-state index in [4.69, 9.17) is 9.47 Å². The molecule has 2 aromatic rings. The average Bonchev–Trinajstić information content (AvgIpc) is 3.24. The number of anilines is 1. The number of cyclic esters (lactones) is 1. The summed E-state index contributed by atoms with van der Waals surface area (Å²) in [5.74, 6) is -0.0288. The molecule has 0 amide bonds. The van der Waals surface area contributed by atoms with E-state index in [1.807, 2.05) is 37.3 Å². The molecule has 25 heavy (non-hydrogen) atoms. The van der Waals surface area contributed by atoms with Gasteiger partial charge in [-0.05, 0) is 36.8 Å². The van der Waals surface area contributed by atoms with E-state index in [1.165, 1.54) is 5.00 Å². The topological polar surface area (TPSA) is 51.1 Å². The number of rotatable bonds is 3. The summed E-state index contributed by atoms with van der Waals surface area (Å²) in [5, 5.41) is 1.18. The van der Waals surface area contributed by atoms with Crippen molar-refractivity contribution in [1.29, 1.82) is 0 Å². The van der Waals surface area contributed by atoms with Crippen LogP contribution in [0.2, 0.25) is 0 Å². The van der Waals surface area contributed by atoms with Crippen molar-refractivity contribution < 1.29 is 14.3 Å². The lowest BCUT2D eigenvalue weighted by Gasteiger charge is -2.27. The third-order valence-electron chi connectivity index (χ3n) is 4.21. The summed E-state index contributed by atoms with van der Waals surface area (Å²) in [4.78, 5) is 19.8. The van der Waals surface area contributed by atoms with Crippen LogP contribution >= 0.6 is 11.3 Å². The standard InChI is InChI=1S/C19H18N2O3S/c1-13-4-2-3-5-15(13)18-20-16(19(22)24-18)12-14-6-7-17(25-14)21-8-10-23-11-9-21/h2-7,12H,8-11H2,1H3/b16-12-. The number of esters is 1. The van der Waals surface area contributed by atoms with Gasteiger partial charge in [-0.2, -0.15) is 0 Å². The van der Waals surface area contributed by atoms with Gasteiger partial charge < -0.3 is 14.4 Å². The van der Waals surface area contributed by atoms with Crippen LogP contribution in [0, 0.1) is 6.92 Å². The summed E-state index contributed by atoms with van der Waals surface area (Å²) in [6.45, 7) is 5.28. The number of carbonyl (C=O) groups is 1. The molecule has 0 aliphatic carbocycles. The Morgan fingerprint density at radius 2 is 1.96 bits per heavy atom. The van der Waals surface area contributed by atoms with E-state index in [9.17, 15) is 4.79 Å². The maximum absolute atomic E-state index is 12.2. The molecule has 1 fully saturated rings. The number of benzene rings is 1. The summed E-state index contributed by atoms with van der Waals surface area (Å²) < 4.78 is 10.7. The Kier molecular flexibility index (Phi) is 4.38. The van der Waals surface area contributed by atoms with Gasteiger partial charge in [-0.15, -0.1) is 11.3 Å². The molecule has 2 aliphatic rings. The van der Waals surface area contributed by atoms with Gasteiger partial charge in [-0.25, -0.2) is 9.79 Å². The zero-order valence-electron chi connectivity index (χ0n) is 13.9. The van der Waals surface area contributed by atoms with Crippen molar-refractivity contribution in [1.82, 2.24) is 0 Å². The first-order valence-electron chi connectivity index (χ1n) is 8.22. The fraction of sp³-hybridized carbons (Fsp3) is 0.263. The van der Waals surface area contributed by atoms with Crippen LogP contribution < -0.4 is 4.90 Å². The predicted octanol–water partition coefficient (Wildman–Crippen LogP) is 3.24. The molecule has 3 heterocycles. The van der Waals surface area contributed by atoms with Gasteiger partial charge in [-0.3, -0.25) is 0 Å². The van der Waals surface area contributed by atoms with E-state index < -0.39 is 5.97 Å². The van der Waals surface area contributed by atoms with Crippen LogP contribution in [0.15, 0.2) is 47.1 Å². The molecule has 0 N–H and O–H groups in total. The maximum atomic E-state index is 12.2. The summed E-state index contributed by atoms with van der Waals surface area (Å²) in [6.07, 6.45) is 1.79. The Bertz CT molecular complexity index is 863. The number of aryl methyl sites for hydroxylation is 1. The van der Waals surface area contributed by atoms with Crippen molar-refractivity contribution >= 4 is 34.3 Å². The third kappa shape index (κ3) is 3.36. The van der Waals surface area contributed by atoms with Crippen LogP contribution in [0.1, 0.15) is 16.0 Å². The molecule has 1 saturated heterocycles. The highest BCUT2D eigenvalue weighted by atomic mass is 32.1. The smallest absolute Gasteiger partial charge is 0.363 e. The van der Waals surface area contributed by atoms with Crippen molar-refractivity contribution in [3.8, 4) is 0 Å². The second-order valence-electron chi connectivity index (χ2n) is 5.93. The summed E-state index contributed by atoms with van der Waals surface area (Å²) in [6, 6.07) is 11.8. The SMILES string of the molecule is Cc1ccccc1C1=N/C(=C\c2ccc(N3CCOCC3)s2)C(=O)O1. The zero-order valence-corrected chi connectivity index (χ0v) is 14.7. The lowest BCUT2D eigenvalue weighted by atomic mass is 10.1. The van der Waals surface area contributed by atoms with Crippen LogP contribution in [-0.4, -0.2) is 38.2 Å². The summed E-state index contributed by atoms with van der Waals surface area (Å²) >= 11 is 1.65. The number of carbonyl (C=O) groups excluding carboxylic acids is 1. The average molecular weight is 354 g/mol. The first kappa shape index (κ1) is 16.1. The monoisotopic (exact) mass is 354 g/mol. The van der Waals surface area contributed by atoms with Crippen LogP contribution in [0.3, 0.4) is 0 Å². The Hall–Kier alpha value is -2.44. The van der Waals surface area contributed by atoms with Crippen molar-refractivity contribution in [2.45, 2.75) is 6.92 Å². The first-order valence-corrected chi connectivity index (χ1v) is 9.03. The van der Waals surface area contributed by atoms with Crippen molar-refractivity contribution in [2.75, 3.05) is 31.2 Å². The summed E-state index contributed by atoms with van der Waals surface area (Å²) in [5.41, 5.74) is 2.22. The molecular formula is C19H18N2O3S. The molecule has 1 aromatic carbocycles. The molecule has 0 unspecified atom stereocenters. The van der Waals surface area contributed by atoms with E-state index >= 15 is 0 Å². The highest BCUT2D eigenvalue weighted by molar-refractivity contribution is 7.16. The van der Waals surface area contributed by atoms with Crippen LogP contribution in [0.5, 0.6) is 0 Å². The maximum Gasteiger partial charge on any atom is 0.363 e. The number of hydrogen-bond acceptors (Lipinski definition) is 6. The number of ether oxygens (including phenoxy) is 2. The number of thiophene rings is 1. The van der Waals surface area contributed by atoms with E-state index in [1.54, 1.807) is 17.4 Å². The van der Waals surface area contributed by atoms with Gasteiger partial charge in [0.25, 0.3) is 0 Å². The molecule has 0 radical (unpaired) electrons. The van der Waals surface area contributed by atoms with Gasteiger partial charge >= 0.3 is 5.97 Å². The molecule has 6 heteroatoms. The minimum absolute atomic E-state index is 0.341. The molecular weight excluding hydrogens is 336 g/mol. The minimum atomic E-state index is -0.403. The lowest BCUT2D eigenvalue weighted by Crippen LogP contribution is -2.35. The van der Waals surface area contributed by atoms with E-state index in [0.29, 0.717) is 11.6 Å². The van der Waals surface area contributed by atoms with E-state index in [0.717, 1.165) is 42.3 Å². The number of aliphatic imine (C=N–C) groups is 1.